The fourth-order valence-corrected chi connectivity index (χ4v) is 3.02. The fourth-order valence-electron chi connectivity index (χ4n) is 3.02. The summed E-state index contributed by atoms with van der Waals surface area (Å²) in [5.74, 6) is -0.816. The Morgan fingerprint density at radius 1 is 1.12 bits per heavy atom. The third-order valence-electron chi connectivity index (χ3n) is 4.37. The number of ether oxygens (including phenoxy) is 1. The number of esters is 1. The molecule has 1 N–H and O–H groups in total. The van der Waals surface area contributed by atoms with Crippen LogP contribution in [0.4, 0.5) is 11.4 Å². The molecule has 1 aliphatic heterocycles. The molecular formula is C20H23N3O3. The van der Waals surface area contributed by atoms with Crippen LogP contribution in [0.5, 0.6) is 0 Å². The van der Waals surface area contributed by atoms with E-state index in [2.05, 4.69) is 15.2 Å². The van der Waals surface area contributed by atoms with Gasteiger partial charge in [0.05, 0.1) is 29.7 Å². The lowest BCUT2D eigenvalue weighted by Crippen LogP contribution is -2.29. The molecule has 1 amide bonds. The lowest BCUT2D eigenvalue weighted by molar-refractivity contribution is 0.0527. The Bertz CT molecular complexity index is 768. The number of aromatic nitrogens is 1. The highest BCUT2D eigenvalue weighted by molar-refractivity contribution is 6.07. The highest BCUT2D eigenvalue weighted by atomic mass is 16.5. The van der Waals surface area contributed by atoms with E-state index in [0.29, 0.717) is 16.9 Å². The van der Waals surface area contributed by atoms with Gasteiger partial charge in [0, 0.05) is 13.1 Å². The van der Waals surface area contributed by atoms with Gasteiger partial charge in [-0.25, -0.2) is 9.78 Å². The molecule has 3 rings (SSSR count). The van der Waals surface area contributed by atoms with Crippen LogP contribution < -0.4 is 10.2 Å². The molecule has 6 nitrogen and oxygen atoms in total. The van der Waals surface area contributed by atoms with Crippen molar-refractivity contribution in [1.29, 1.82) is 0 Å². The molecule has 0 unspecified atom stereocenters. The molecule has 0 saturated carbocycles. The molecule has 0 spiro atoms. The van der Waals surface area contributed by atoms with Gasteiger partial charge in [0.25, 0.3) is 5.91 Å². The zero-order valence-electron chi connectivity index (χ0n) is 14.9. The standard InChI is InChI=1S/C20H23N3O3/c1-2-26-20(25)16-8-4-5-9-17(16)22-19(24)18-11-10-15(14-21-18)23-12-6-3-7-13-23/h4-5,8-11,14H,2-3,6-7,12-13H2,1H3,(H,22,24). The number of amides is 1. The van der Waals surface area contributed by atoms with Gasteiger partial charge in [-0.2, -0.15) is 0 Å². The molecule has 1 aliphatic rings. The first kappa shape index (κ1) is 17.9. The fraction of sp³-hybridized carbons (Fsp3) is 0.350. The Hall–Kier alpha value is -2.89. The second kappa shape index (κ2) is 8.47. The second-order valence-electron chi connectivity index (χ2n) is 6.17. The highest BCUT2D eigenvalue weighted by Crippen LogP contribution is 2.20. The largest absolute Gasteiger partial charge is 0.462 e. The summed E-state index contributed by atoms with van der Waals surface area (Å²) in [7, 11) is 0. The van der Waals surface area contributed by atoms with E-state index in [4.69, 9.17) is 4.74 Å². The smallest absolute Gasteiger partial charge is 0.340 e. The minimum Gasteiger partial charge on any atom is -0.462 e. The van der Waals surface area contributed by atoms with Crippen molar-refractivity contribution in [3.63, 3.8) is 0 Å². The number of anilines is 2. The molecule has 1 aromatic heterocycles. The van der Waals surface area contributed by atoms with Crippen molar-refractivity contribution in [1.82, 2.24) is 4.98 Å². The number of piperidine rings is 1. The lowest BCUT2D eigenvalue weighted by Gasteiger charge is -2.28. The van der Waals surface area contributed by atoms with E-state index in [1.54, 1.807) is 43.5 Å². The van der Waals surface area contributed by atoms with Crippen molar-refractivity contribution in [3.05, 3.63) is 53.9 Å². The number of carbonyl (C=O) groups excluding carboxylic acids is 2. The summed E-state index contributed by atoms with van der Waals surface area (Å²) in [6.45, 7) is 4.08. The van der Waals surface area contributed by atoms with Gasteiger partial charge in [0.1, 0.15) is 5.69 Å². The van der Waals surface area contributed by atoms with Crippen molar-refractivity contribution in [2.24, 2.45) is 0 Å². The Labute approximate surface area is 153 Å². The van der Waals surface area contributed by atoms with Crippen molar-refractivity contribution in [2.75, 3.05) is 29.9 Å². The summed E-state index contributed by atoms with van der Waals surface area (Å²) < 4.78 is 5.03. The molecular weight excluding hydrogens is 330 g/mol. The zero-order chi connectivity index (χ0) is 18.4. The topological polar surface area (TPSA) is 71.5 Å². The number of para-hydroxylation sites is 1. The Kier molecular flexibility index (Phi) is 5.84. The lowest BCUT2D eigenvalue weighted by atomic mass is 10.1. The van der Waals surface area contributed by atoms with Gasteiger partial charge in [-0.05, 0) is 50.5 Å². The van der Waals surface area contributed by atoms with Crippen LogP contribution in [0.2, 0.25) is 0 Å². The number of pyridine rings is 1. The van der Waals surface area contributed by atoms with Gasteiger partial charge in [-0.3, -0.25) is 4.79 Å². The number of hydrogen-bond acceptors (Lipinski definition) is 5. The first-order chi connectivity index (χ1) is 12.7. The van der Waals surface area contributed by atoms with Gasteiger partial charge in [0.2, 0.25) is 0 Å². The van der Waals surface area contributed by atoms with Crippen LogP contribution in [0, 0.1) is 0 Å². The Morgan fingerprint density at radius 2 is 1.88 bits per heavy atom. The number of benzene rings is 1. The van der Waals surface area contributed by atoms with Crippen LogP contribution in [-0.4, -0.2) is 36.6 Å². The van der Waals surface area contributed by atoms with Gasteiger partial charge >= 0.3 is 5.97 Å². The number of rotatable bonds is 5. The summed E-state index contributed by atoms with van der Waals surface area (Å²) in [6.07, 6.45) is 5.38. The molecule has 26 heavy (non-hydrogen) atoms. The van der Waals surface area contributed by atoms with Gasteiger partial charge in [0.15, 0.2) is 0 Å². The summed E-state index contributed by atoms with van der Waals surface area (Å²) >= 11 is 0. The molecule has 0 radical (unpaired) electrons. The number of nitrogens with one attached hydrogen (secondary N) is 1. The van der Waals surface area contributed by atoms with E-state index in [1.807, 2.05) is 6.07 Å². The third-order valence-corrected chi connectivity index (χ3v) is 4.37. The molecule has 1 saturated heterocycles. The summed E-state index contributed by atoms with van der Waals surface area (Å²) in [5.41, 5.74) is 2.09. The van der Waals surface area contributed by atoms with Crippen LogP contribution in [0.25, 0.3) is 0 Å². The monoisotopic (exact) mass is 353 g/mol. The van der Waals surface area contributed by atoms with Gasteiger partial charge < -0.3 is 15.0 Å². The van der Waals surface area contributed by atoms with Crippen LogP contribution in [-0.2, 0) is 4.74 Å². The van der Waals surface area contributed by atoms with Gasteiger partial charge in [-0.1, -0.05) is 12.1 Å². The molecule has 6 heteroatoms. The molecule has 0 bridgehead atoms. The number of nitrogens with zero attached hydrogens (tertiary/aromatic N) is 2. The number of hydrogen-bond donors (Lipinski definition) is 1. The highest BCUT2D eigenvalue weighted by Gasteiger charge is 2.16. The average Bonchev–Trinajstić information content (AvgIpc) is 2.69. The Morgan fingerprint density at radius 3 is 2.58 bits per heavy atom. The molecule has 0 atom stereocenters. The first-order valence-corrected chi connectivity index (χ1v) is 8.97. The SMILES string of the molecule is CCOC(=O)c1ccccc1NC(=O)c1ccc(N2CCCCC2)cn1. The average molecular weight is 353 g/mol. The van der Waals surface area contributed by atoms with Crippen LogP contribution in [0.1, 0.15) is 47.0 Å². The minimum absolute atomic E-state index is 0.278. The van der Waals surface area contributed by atoms with Crippen molar-refractivity contribution in [2.45, 2.75) is 26.2 Å². The maximum absolute atomic E-state index is 12.5. The number of carbonyl (C=O) groups is 2. The van der Waals surface area contributed by atoms with Crippen LogP contribution in [0.15, 0.2) is 42.6 Å². The normalized spacial score (nSPS) is 14.0. The molecule has 2 aromatic rings. The summed E-state index contributed by atoms with van der Waals surface area (Å²) in [4.78, 5) is 31.1. The van der Waals surface area contributed by atoms with Crippen molar-refractivity contribution < 1.29 is 14.3 Å². The zero-order valence-corrected chi connectivity index (χ0v) is 14.9. The van der Waals surface area contributed by atoms with E-state index < -0.39 is 5.97 Å². The Balaban J connectivity index is 1.71. The molecule has 1 fully saturated rings. The van der Waals surface area contributed by atoms with Crippen molar-refractivity contribution in [3.8, 4) is 0 Å². The minimum atomic E-state index is -0.461. The van der Waals surface area contributed by atoms with Crippen molar-refractivity contribution >= 4 is 23.3 Å². The first-order valence-electron chi connectivity index (χ1n) is 8.97. The molecule has 136 valence electrons. The van der Waals surface area contributed by atoms with Crippen LogP contribution >= 0.6 is 0 Å². The van der Waals surface area contributed by atoms with E-state index in [-0.39, 0.29) is 12.5 Å². The third kappa shape index (κ3) is 4.20. The predicted molar refractivity (Wildman–Crippen MR) is 101 cm³/mol. The second-order valence-corrected chi connectivity index (χ2v) is 6.17. The van der Waals surface area contributed by atoms with E-state index in [9.17, 15) is 9.59 Å². The molecule has 1 aromatic carbocycles. The van der Waals surface area contributed by atoms with E-state index in [0.717, 1.165) is 18.8 Å². The van der Waals surface area contributed by atoms with E-state index >= 15 is 0 Å². The summed E-state index contributed by atoms with van der Waals surface area (Å²) in [5, 5.41) is 2.75. The maximum Gasteiger partial charge on any atom is 0.340 e. The van der Waals surface area contributed by atoms with Gasteiger partial charge in [-0.15, -0.1) is 0 Å². The maximum atomic E-state index is 12.5. The predicted octanol–water partition coefficient (Wildman–Crippen LogP) is 3.50. The quantitative estimate of drug-likeness (QED) is 0.833. The van der Waals surface area contributed by atoms with Crippen LogP contribution in [0.3, 0.4) is 0 Å². The van der Waals surface area contributed by atoms with E-state index in [1.165, 1.54) is 19.3 Å². The molecule has 0 aliphatic carbocycles. The summed E-state index contributed by atoms with van der Waals surface area (Å²) in [6, 6.07) is 10.4. The molecule has 2 heterocycles.